The van der Waals surface area contributed by atoms with Gasteiger partial charge in [0.15, 0.2) is 0 Å². The van der Waals surface area contributed by atoms with Gasteiger partial charge >= 0.3 is 6.03 Å². The molecule has 1 aromatic rings. The Morgan fingerprint density at radius 2 is 2.04 bits per heavy atom. The van der Waals surface area contributed by atoms with E-state index in [9.17, 15) is 9.59 Å². The minimum Gasteiger partial charge on any atom is -0.376 e. The number of hydrogen-bond donors (Lipinski definition) is 1. The summed E-state index contributed by atoms with van der Waals surface area (Å²) in [6.45, 7) is 3.95. The number of nitrogens with zero attached hydrogens (tertiary/aromatic N) is 2. The molecule has 1 aliphatic rings. The Hall–Kier alpha value is -2.08. The van der Waals surface area contributed by atoms with Crippen molar-refractivity contribution in [2.45, 2.75) is 32.3 Å². The van der Waals surface area contributed by atoms with Crippen LogP contribution in [0.25, 0.3) is 0 Å². The molecule has 1 N–H and O–H groups in total. The van der Waals surface area contributed by atoms with E-state index in [1.54, 1.807) is 23.9 Å². The average molecular weight is 333 g/mol. The van der Waals surface area contributed by atoms with E-state index in [2.05, 4.69) is 5.32 Å². The SMILES string of the molecule is CCN(CC1CCCO1)C(=O)Nc1ccccc1CC(=O)N(C)C. The van der Waals surface area contributed by atoms with Crippen molar-refractivity contribution < 1.29 is 14.3 Å². The zero-order chi connectivity index (χ0) is 17.5. The second-order valence-electron chi connectivity index (χ2n) is 6.23. The van der Waals surface area contributed by atoms with Crippen LogP contribution in [0.4, 0.5) is 10.5 Å². The van der Waals surface area contributed by atoms with Gasteiger partial charge in [-0.05, 0) is 31.4 Å². The maximum atomic E-state index is 12.6. The Kier molecular flexibility index (Phi) is 6.61. The van der Waals surface area contributed by atoms with Crippen molar-refractivity contribution in [2.24, 2.45) is 0 Å². The summed E-state index contributed by atoms with van der Waals surface area (Å²) in [5.41, 5.74) is 1.50. The maximum absolute atomic E-state index is 12.6. The van der Waals surface area contributed by atoms with Crippen LogP contribution < -0.4 is 5.32 Å². The van der Waals surface area contributed by atoms with Crippen molar-refractivity contribution in [1.29, 1.82) is 0 Å². The molecule has 24 heavy (non-hydrogen) atoms. The standard InChI is InChI=1S/C18H27N3O3/c1-4-21(13-15-9-7-11-24-15)18(23)19-16-10-6-5-8-14(16)12-17(22)20(2)3/h5-6,8,10,15H,4,7,9,11-13H2,1-3H3,(H,19,23). The van der Waals surface area contributed by atoms with E-state index in [-0.39, 0.29) is 24.5 Å². The van der Waals surface area contributed by atoms with Crippen molar-refractivity contribution in [3.05, 3.63) is 29.8 Å². The number of nitrogens with one attached hydrogen (secondary N) is 1. The first kappa shape index (κ1) is 18.3. The molecule has 6 heteroatoms. The summed E-state index contributed by atoms with van der Waals surface area (Å²) in [5.74, 6) is 0.00315. The number of anilines is 1. The van der Waals surface area contributed by atoms with Gasteiger partial charge in [-0.3, -0.25) is 4.79 Å². The van der Waals surface area contributed by atoms with Crippen LogP contribution in [0, 0.1) is 0 Å². The smallest absolute Gasteiger partial charge is 0.321 e. The highest BCUT2D eigenvalue weighted by atomic mass is 16.5. The molecule has 1 unspecified atom stereocenters. The van der Waals surface area contributed by atoms with E-state index in [0.29, 0.717) is 18.8 Å². The fraction of sp³-hybridized carbons (Fsp3) is 0.556. The summed E-state index contributed by atoms with van der Waals surface area (Å²) in [7, 11) is 3.45. The minimum atomic E-state index is -0.155. The number of ether oxygens (including phenoxy) is 1. The van der Waals surface area contributed by atoms with Crippen LogP contribution in [0.2, 0.25) is 0 Å². The van der Waals surface area contributed by atoms with Gasteiger partial charge in [0.1, 0.15) is 0 Å². The number of benzene rings is 1. The molecular formula is C18H27N3O3. The molecule has 1 aromatic carbocycles. The van der Waals surface area contributed by atoms with Crippen molar-refractivity contribution in [3.63, 3.8) is 0 Å². The molecule has 1 atom stereocenters. The van der Waals surface area contributed by atoms with Crippen molar-refractivity contribution in [3.8, 4) is 0 Å². The molecule has 6 nitrogen and oxygen atoms in total. The topological polar surface area (TPSA) is 61.9 Å². The summed E-state index contributed by atoms with van der Waals surface area (Å²) in [6.07, 6.45) is 2.44. The van der Waals surface area contributed by atoms with E-state index in [4.69, 9.17) is 4.74 Å². The first-order valence-corrected chi connectivity index (χ1v) is 8.46. The molecule has 2 rings (SSSR count). The van der Waals surface area contributed by atoms with Crippen LogP contribution >= 0.6 is 0 Å². The molecule has 1 heterocycles. The van der Waals surface area contributed by atoms with Gasteiger partial charge in [-0.25, -0.2) is 4.79 Å². The second kappa shape index (κ2) is 8.68. The molecule has 132 valence electrons. The third-order valence-corrected chi connectivity index (χ3v) is 4.22. The summed E-state index contributed by atoms with van der Waals surface area (Å²) >= 11 is 0. The zero-order valence-electron chi connectivity index (χ0n) is 14.7. The van der Waals surface area contributed by atoms with Gasteiger partial charge in [0.25, 0.3) is 0 Å². The molecule has 0 spiro atoms. The van der Waals surface area contributed by atoms with Gasteiger partial charge in [0.05, 0.1) is 12.5 Å². The van der Waals surface area contributed by atoms with Crippen LogP contribution in [0.3, 0.4) is 0 Å². The van der Waals surface area contributed by atoms with E-state index in [1.165, 1.54) is 0 Å². The Labute approximate surface area is 143 Å². The molecule has 0 bridgehead atoms. The van der Waals surface area contributed by atoms with Crippen LogP contribution in [0.1, 0.15) is 25.3 Å². The number of urea groups is 1. The van der Waals surface area contributed by atoms with Crippen molar-refractivity contribution >= 4 is 17.6 Å². The Bertz CT molecular complexity index is 568. The number of carbonyl (C=O) groups is 2. The summed E-state index contributed by atoms with van der Waals surface area (Å²) in [4.78, 5) is 27.8. The molecule has 3 amide bonds. The number of rotatable bonds is 6. The molecule has 1 aliphatic heterocycles. The molecule has 0 saturated carbocycles. The largest absolute Gasteiger partial charge is 0.376 e. The lowest BCUT2D eigenvalue weighted by molar-refractivity contribution is -0.127. The predicted molar refractivity (Wildman–Crippen MR) is 94.1 cm³/mol. The Morgan fingerprint density at radius 3 is 2.67 bits per heavy atom. The first-order valence-electron chi connectivity index (χ1n) is 8.46. The van der Waals surface area contributed by atoms with Gasteiger partial charge in [-0.2, -0.15) is 0 Å². The maximum Gasteiger partial charge on any atom is 0.321 e. The number of hydrogen-bond acceptors (Lipinski definition) is 3. The highest BCUT2D eigenvalue weighted by Gasteiger charge is 2.22. The average Bonchev–Trinajstić information content (AvgIpc) is 3.07. The van der Waals surface area contributed by atoms with Crippen molar-refractivity contribution in [1.82, 2.24) is 9.80 Å². The van der Waals surface area contributed by atoms with E-state index in [1.807, 2.05) is 31.2 Å². The monoisotopic (exact) mass is 333 g/mol. The second-order valence-corrected chi connectivity index (χ2v) is 6.23. The highest BCUT2D eigenvalue weighted by Crippen LogP contribution is 2.18. The van der Waals surface area contributed by atoms with Crippen LogP contribution in [0.5, 0.6) is 0 Å². The number of amides is 3. The number of para-hydroxylation sites is 1. The highest BCUT2D eigenvalue weighted by molar-refractivity contribution is 5.91. The van der Waals surface area contributed by atoms with Crippen molar-refractivity contribution in [2.75, 3.05) is 39.1 Å². The summed E-state index contributed by atoms with van der Waals surface area (Å²) in [5, 5.41) is 2.94. The lowest BCUT2D eigenvalue weighted by atomic mass is 10.1. The third kappa shape index (κ3) is 4.96. The van der Waals surface area contributed by atoms with E-state index in [0.717, 1.165) is 25.0 Å². The predicted octanol–water partition coefficient (Wildman–Crippen LogP) is 2.35. The molecule has 0 radical (unpaired) electrons. The number of carbonyl (C=O) groups excluding carboxylic acids is 2. The van der Waals surface area contributed by atoms with Gasteiger partial charge in [0.2, 0.25) is 5.91 Å². The Balaban J connectivity index is 2.02. The van der Waals surface area contributed by atoms with Crippen LogP contribution in [0.15, 0.2) is 24.3 Å². The van der Waals surface area contributed by atoms with Gasteiger partial charge in [-0.1, -0.05) is 18.2 Å². The molecule has 1 fully saturated rings. The third-order valence-electron chi connectivity index (χ3n) is 4.22. The molecular weight excluding hydrogens is 306 g/mol. The fourth-order valence-corrected chi connectivity index (χ4v) is 2.70. The normalized spacial score (nSPS) is 16.7. The summed E-state index contributed by atoms with van der Waals surface area (Å²) in [6, 6.07) is 7.27. The lowest BCUT2D eigenvalue weighted by Crippen LogP contribution is -2.40. The van der Waals surface area contributed by atoms with E-state index >= 15 is 0 Å². The van der Waals surface area contributed by atoms with Gasteiger partial charge in [-0.15, -0.1) is 0 Å². The Morgan fingerprint density at radius 1 is 1.29 bits per heavy atom. The van der Waals surface area contributed by atoms with E-state index < -0.39 is 0 Å². The van der Waals surface area contributed by atoms with Crippen LogP contribution in [-0.2, 0) is 16.0 Å². The quantitative estimate of drug-likeness (QED) is 0.869. The fourth-order valence-electron chi connectivity index (χ4n) is 2.70. The number of likely N-dealkylation sites (N-methyl/N-ethyl adjacent to an activating group) is 2. The zero-order valence-corrected chi connectivity index (χ0v) is 14.7. The van der Waals surface area contributed by atoms with Crippen LogP contribution in [-0.4, -0.2) is 61.6 Å². The molecule has 0 aliphatic carbocycles. The molecule has 1 saturated heterocycles. The van der Waals surface area contributed by atoms with Gasteiger partial charge < -0.3 is 19.9 Å². The lowest BCUT2D eigenvalue weighted by Gasteiger charge is -2.25. The summed E-state index contributed by atoms with van der Waals surface area (Å²) < 4.78 is 5.62. The molecule has 0 aromatic heterocycles. The van der Waals surface area contributed by atoms with Gasteiger partial charge in [0, 0.05) is 39.5 Å². The first-order chi connectivity index (χ1) is 11.5. The minimum absolute atomic E-state index is 0.00315.